The quantitative estimate of drug-likeness (QED) is 0.188. The van der Waals surface area contributed by atoms with Gasteiger partial charge in [-0.25, -0.2) is 9.97 Å². The first-order chi connectivity index (χ1) is 25.8. The van der Waals surface area contributed by atoms with E-state index in [2.05, 4.69) is 167 Å². The van der Waals surface area contributed by atoms with Crippen molar-refractivity contribution in [2.45, 2.75) is 0 Å². The van der Waals surface area contributed by atoms with Gasteiger partial charge in [0.2, 0.25) is 0 Å². The van der Waals surface area contributed by atoms with Crippen molar-refractivity contribution in [2.24, 2.45) is 0 Å². The molecule has 3 aromatic heterocycles. The van der Waals surface area contributed by atoms with Crippen LogP contribution in [0.4, 0.5) is 0 Å². The predicted octanol–water partition coefficient (Wildman–Crippen LogP) is 12.3. The summed E-state index contributed by atoms with van der Waals surface area (Å²) >= 11 is 0. The zero-order valence-corrected chi connectivity index (χ0v) is 28.1. The van der Waals surface area contributed by atoms with Crippen LogP contribution in [0.1, 0.15) is 0 Å². The normalized spacial score (nSPS) is 11.8. The number of hydrogen-bond donors (Lipinski definition) is 0. The minimum absolute atomic E-state index is 0.816. The van der Waals surface area contributed by atoms with Crippen LogP contribution >= 0.6 is 0 Å². The molecule has 0 aliphatic carbocycles. The van der Waals surface area contributed by atoms with Crippen LogP contribution in [0.15, 0.2) is 182 Å². The number of hydrogen-bond acceptors (Lipinski definition) is 2. The van der Waals surface area contributed by atoms with Crippen molar-refractivity contribution in [1.82, 2.24) is 19.1 Å². The molecular weight excluding hydrogens is 633 g/mol. The van der Waals surface area contributed by atoms with Crippen LogP contribution in [-0.2, 0) is 0 Å². The molecule has 242 valence electrons. The summed E-state index contributed by atoms with van der Waals surface area (Å²) in [7, 11) is 0. The number of rotatable bonds is 4. The van der Waals surface area contributed by atoms with Crippen LogP contribution in [0.25, 0.3) is 99.3 Å². The molecule has 8 aromatic carbocycles. The summed E-state index contributed by atoms with van der Waals surface area (Å²) in [5, 5.41) is 7.33. The van der Waals surface area contributed by atoms with Gasteiger partial charge in [-0.15, -0.1) is 0 Å². The van der Waals surface area contributed by atoms with Gasteiger partial charge in [-0.05, 0) is 70.4 Å². The van der Waals surface area contributed by atoms with Crippen molar-refractivity contribution in [2.75, 3.05) is 0 Å². The highest BCUT2D eigenvalue weighted by Crippen LogP contribution is 2.43. The number of aromatic nitrogens is 4. The lowest BCUT2D eigenvalue weighted by molar-refractivity contribution is 1.08. The van der Waals surface area contributed by atoms with Crippen LogP contribution in [0, 0.1) is 0 Å². The second kappa shape index (κ2) is 11.2. The number of nitrogens with zero attached hydrogens (tertiary/aromatic N) is 4. The minimum Gasteiger partial charge on any atom is -0.309 e. The standard InChI is InChI=1S/C48H30N4/c1-3-13-31(14-4-1)32-23-26-35(27-24-32)51-43-28-25-33-15-7-8-18-36(33)46(43)39-29-38-37-19-9-12-22-42(37)52(44(38)30-45(39)51)48-47(34-16-5-2-6-17-34)49-40-20-10-11-21-41(40)50-48/h1-30H. The zero-order valence-electron chi connectivity index (χ0n) is 28.1. The Morgan fingerprint density at radius 2 is 0.962 bits per heavy atom. The van der Waals surface area contributed by atoms with Gasteiger partial charge in [-0.1, -0.05) is 133 Å². The highest BCUT2D eigenvalue weighted by atomic mass is 15.1. The fourth-order valence-corrected chi connectivity index (χ4v) is 8.12. The SMILES string of the molecule is c1ccc(-c2ccc(-n3c4cc5c(cc4c4c6ccccc6ccc43)c3ccccc3n5-c3nc4ccccc4nc3-c3ccccc3)cc2)cc1. The van der Waals surface area contributed by atoms with Gasteiger partial charge in [0.05, 0.1) is 33.1 Å². The number of benzene rings is 8. The Labute approximate surface area is 299 Å². The van der Waals surface area contributed by atoms with E-state index in [1.54, 1.807) is 0 Å². The lowest BCUT2D eigenvalue weighted by Gasteiger charge is -2.14. The van der Waals surface area contributed by atoms with E-state index in [1.165, 1.54) is 49.0 Å². The fraction of sp³-hybridized carbons (Fsp3) is 0. The van der Waals surface area contributed by atoms with Crippen molar-refractivity contribution in [1.29, 1.82) is 0 Å². The Morgan fingerprint density at radius 1 is 0.346 bits per heavy atom. The molecule has 0 saturated heterocycles. The third kappa shape index (κ3) is 4.28. The molecule has 0 atom stereocenters. The van der Waals surface area contributed by atoms with E-state index >= 15 is 0 Å². The number of para-hydroxylation sites is 3. The smallest absolute Gasteiger partial charge is 0.165 e. The molecule has 0 amide bonds. The van der Waals surface area contributed by atoms with E-state index in [0.29, 0.717) is 0 Å². The third-order valence-electron chi connectivity index (χ3n) is 10.5. The molecule has 0 N–H and O–H groups in total. The third-order valence-corrected chi connectivity index (χ3v) is 10.5. The topological polar surface area (TPSA) is 35.6 Å². The predicted molar refractivity (Wildman–Crippen MR) is 217 cm³/mol. The van der Waals surface area contributed by atoms with E-state index in [-0.39, 0.29) is 0 Å². The van der Waals surface area contributed by atoms with Gasteiger partial charge in [0.15, 0.2) is 5.82 Å². The van der Waals surface area contributed by atoms with Gasteiger partial charge in [0, 0.05) is 32.8 Å². The lowest BCUT2D eigenvalue weighted by Crippen LogP contribution is -2.03. The van der Waals surface area contributed by atoms with Crippen molar-refractivity contribution in [3.05, 3.63) is 182 Å². The summed E-state index contributed by atoms with van der Waals surface area (Å²) in [4.78, 5) is 10.6. The molecule has 0 unspecified atom stereocenters. The first kappa shape index (κ1) is 28.8. The maximum Gasteiger partial charge on any atom is 0.165 e. The summed E-state index contributed by atoms with van der Waals surface area (Å²) in [5.41, 5.74) is 11.7. The van der Waals surface area contributed by atoms with Gasteiger partial charge in [0.25, 0.3) is 0 Å². The van der Waals surface area contributed by atoms with E-state index in [0.717, 1.165) is 50.3 Å². The fourth-order valence-electron chi connectivity index (χ4n) is 8.12. The van der Waals surface area contributed by atoms with Crippen molar-refractivity contribution < 1.29 is 0 Å². The largest absolute Gasteiger partial charge is 0.309 e. The van der Waals surface area contributed by atoms with Crippen LogP contribution in [-0.4, -0.2) is 19.1 Å². The second-order valence-electron chi connectivity index (χ2n) is 13.4. The Morgan fingerprint density at radius 3 is 1.75 bits per heavy atom. The molecule has 4 nitrogen and oxygen atoms in total. The van der Waals surface area contributed by atoms with Crippen LogP contribution in [0.5, 0.6) is 0 Å². The molecule has 11 aromatic rings. The average Bonchev–Trinajstić information content (AvgIpc) is 3.72. The van der Waals surface area contributed by atoms with Gasteiger partial charge < -0.3 is 4.57 Å². The van der Waals surface area contributed by atoms with Gasteiger partial charge >= 0.3 is 0 Å². The van der Waals surface area contributed by atoms with E-state index in [9.17, 15) is 0 Å². The Kier molecular flexibility index (Phi) is 6.22. The summed E-state index contributed by atoms with van der Waals surface area (Å²) in [5.74, 6) is 0.816. The lowest BCUT2D eigenvalue weighted by atomic mass is 10.0. The van der Waals surface area contributed by atoms with Crippen molar-refractivity contribution in [3.8, 4) is 33.9 Å². The summed E-state index contributed by atoms with van der Waals surface area (Å²) < 4.78 is 4.75. The summed E-state index contributed by atoms with van der Waals surface area (Å²) in [6.45, 7) is 0. The summed E-state index contributed by atoms with van der Waals surface area (Å²) in [6.07, 6.45) is 0. The van der Waals surface area contributed by atoms with Crippen LogP contribution in [0.3, 0.4) is 0 Å². The second-order valence-corrected chi connectivity index (χ2v) is 13.4. The molecule has 0 fully saturated rings. The highest BCUT2D eigenvalue weighted by Gasteiger charge is 2.22. The van der Waals surface area contributed by atoms with E-state index in [1.807, 2.05) is 24.3 Å². The molecule has 4 heteroatoms. The van der Waals surface area contributed by atoms with Gasteiger partial charge in [0.1, 0.15) is 5.69 Å². The Hall–Kier alpha value is -7.04. The van der Waals surface area contributed by atoms with E-state index < -0.39 is 0 Å². The van der Waals surface area contributed by atoms with Gasteiger partial charge in [-0.3, -0.25) is 4.57 Å². The monoisotopic (exact) mass is 662 g/mol. The molecule has 0 spiro atoms. The van der Waals surface area contributed by atoms with Crippen molar-refractivity contribution in [3.63, 3.8) is 0 Å². The van der Waals surface area contributed by atoms with Crippen molar-refractivity contribution >= 4 is 65.4 Å². The minimum atomic E-state index is 0.816. The molecule has 0 aliphatic rings. The Balaban J connectivity index is 1.27. The maximum atomic E-state index is 5.37. The molecule has 0 radical (unpaired) electrons. The van der Waals surface area contributed by atoms with E-state index in [4.69, 9.17) is 9.97 Å². The molecule has 52 heavy (non-hydrogen) atoms. The first-order valence-corrected chi connectivity index (χ1v) is 17.7. The van der Waals surface area contributed by atoms with Crippen LogP contribution < -0.4 is 0 Å². The first-order valence-electron chi connectivity index (χ1n) is 17.7. The highest BCUT2D eigenvalue weighted by molar-refractivity contribution is 6.25. The molecule has 0 aliphatic heterocycles. The Bertz CT molecular complexity index is 3160. The zero-order chi connectivity index (χ0) is 34.2. The number of fused-ring (bicyclic) bond motifs is 9. The molecule has 3 heterocycles. The average molecular weight is 663 g/mol. The molecule has 0 saturated carbocycles. The van der Waals surface area contributed by atoms with Crippen LogP contribution in [0.2, 0.25) is 0 Å². The summed E-state index contributed by atoms with van der Waals surface area (Å²) in [6, 6.07) is 64.8. The van der Waals surface area contributed by atoms with Gasteiger partial charge in [-0.2, -0.15) is 0 Å². The molecular formula is C48H30N4. The molecule has 0 bridgehead atoms. The maximum absolute atomic E-state index is 5.37. The molecule has 11 rings (SSSR count).